The predicted octanol–water partition coefficient (Wildman–Crippen LogP) is 6.28. The van der Waals surface area contributed by atoms with Gasteiger partial charge in [-0.3, -0.25) is 9.88 Å². The molecule has 210 valence electrons. The van der Waals surface area contributed by atoms with Crippen LogP contribution in [-0.4, -0.2) is 27.0 Å². The van der Waals surface area contributed by atoms with Crippen LogP contribution in [0.4, 0.5) is 36.8 Å². The SMILES string of the molecule is C[C@]12C[C@H](OC(=O)Nc3ccc(C(F)(F)F)cc3)[C@](C)(O1)c1c2c(O)n(-c2ccc(C#N)c(C(F)(F)F)c2)c1O. The molecule has 1 amide bonds. The average molecular weight is 567 g/mol. The van der Waals surface area contributed by atoms with Gasteiger partial charge in [0, 0.05) is 12.1 Å². The number of nitrogens with zero attached hydrogens (tertiary/aromatic N) is 2. The first-order chi connectivity index (χ1) is 18.5. The molecule has 0 unspecified atom stereocenters. The highest BCUT2D eigenvalue weighted by Crippen LogP contribution is 2.65. The van der Waals surface area contributed by atoms with E-state index in [4.69, 9.17) is 14.7 Å². The van der Waals surface area contributed by atoms with Crippen molar-refractivity contribution in [3.05, 3.63) is 70.3 Å². The van der Waals surface area contributed by atoms with Crippen molar-refractivity contribution < 1.29 is 50.8 Å². The van der Waals surface area contributed by atoms with Gasteiger partial charge < -0.3 is 19.7 Å². The molecule has 0 aliphatic carbocycles. The molecule has 0 saturated carbocycles. The Balaban J connectivity index is 1.46. The minimum atomic E-state index is -4.89. The fourth-order valence-corrected chi connectivity index (χ4v) is 5.43. The highest BCUT2D eigenvalue weighted by atomic mass is 19.4. The molecule has 3 heterocycles. The maximum Gasteiger partial charge on any atom is 0.417 e. The van der Waals surface area contributed by atoms with E-state index in [0.29, 0.717) is 6.07 Å². The second-order valence-electron chi connectivity index (χ2n) is 9.81. The number of amides is 1. The number of benzene rings is 2. The van der Waals surface area contributed by atoms with Gasteiger partial charge in [0.15, 0.2) is 0 Å². The van der Waals surface area contributed by atoms with Crippen LogP contribution in [0, 0.1) is 11.3 Å². The summed E-state index contributed by atoms with van der Waals surface area (Å²) in [6, 6.07) is 7.75. The molecule has 8 nitrogen and oxygen atoms in total. The maximum atomic E-state index is 13.5. The summed E-state index contributed by atoms with van der Waals surface area (Å²) in [7, 11) is 0. The molecule has 0 spiro atoms. The molecular weight excluding hydrogens is 548 g/mol. The van der Waals surface area contributed by atoms with Crippen molar-refractivity contribution in [2.75, 3.05) is 5.32 Å². The number of hydrogen-bond acceptors (Lipinski definition) is 6. The zero-order valence-corrected chi connectivity index (χ0v) is 20.6. The number of aromatic nitrogens is 1. The Morgan fingerprint density at radius 2 is 1.68 bits per heavy atom. The Bertz CT molecular complexity index is 1570. The van der Waals surface area contributed by atoms with Crippen molar-refractivity contribution in [3.8, 4) is 23.5 Å². The number of anilines is 1. The summed E-state index contributed by atoms with van der Waals surface area (Å²) in [5.74, 6) is -1.25. The smallest absolute Gasteiger partial charge is 0.417 e. The second-order valence-corrected chi connectivity index (χ2v) is 9.81. The summed E-state index contributed by atoms with van der Waals surface area (Å²) < 4.78 is 91.3. The lowest BCUT2D eigenvalue weighted by atomic mass is 9.78. The first-order valence-electron chi connectivity index (χ1n) is 11.6. The molecule has 3 aromatic rings. The number of fused-ring (bicyclic) bond motifs is 5. The standard InChI is InChI=1S/C26H19F6N3O5/c1-23-10-17(39-22(38)34-14-6-4-13(5-7-14)25(27,28)29)24(2,40-23)19-18(23)20(36)35(21(19)37)15-8-3-12(11-33)16(9-15)26(30,31)32/h3-9,17,36-37H,10H2,1-2H3,(H,34,38)/t17-,23+,24-/m0/s1. The van der Waals surface area contributed by atoms with Crippen LogP contribution < -0.4 is 5.32 Å². The van der Waals surface area contributed by atoms with E-state index in [1.165, 1.54) is 19.9 Å². The largest absolute Gasteiger partial charge is 0.494 e. The van der Waals surface area contributed by atoms with Gasteiger partial charge in [-0.05, 0) is 56.3 Å². The number of nitrogens with one attached hydrogen (secondary N) is 1. The van der Waals surface area contributed by atoms with Crippen molar-refractivity contribution in [3.63, 3.8) is 0 Å². The third-order valence-electron chi connectivity index (χ3n) is 7.17. The first-order valence-corrected chi connectivity index (χ1v) is 11.6. The van der Waals surface area contributed by atoms with E-state index >= 15 is 0 Å². The fourth-order valence-electron chi connectivity index (χ4n) is 5.43. The van der Waals surface area contributed by atoms with Crippen molar-refractivity contribution in [2.24, 2.45) is 0 Å². The summed E-state index contributed by atoms with van der Waals surface area (Å²) in [5.41, 5.74) is -5.87. The number of rotatable bonds is 3. The van der Waals surface area contributed by atoms with Gasteiger partial charge in [0.1, 0.15) is 17.3 Å². The quantitative estimate of drug-likeness (QED) is 0.321. The van der Waals surface area contributed by atoms with Gasteiger partial charge in [0.05, 0.1) is 39.6 Å². The zero-order valence-electron chi connectivity index (χ0n) is 20.6. The summed E-state index contributed by atoms with van der Waals surface area (Å²) in [6.07, 6.45) is -11.6. The first kappa shape index (κ1) is 27.2. The number of carbonyl (C=O) groups is 1. The van der Waals surface area contributed by atoms with Gasteiger partial charge in [0.2, 0.25) is 11.8 Å². The van der Waals surface area contributed by atoms with Gasteiger partial charge >= 0.3 is 18.4 Å². The molecule has 3 atom stereocenters. The van der Waals surface area contributed by atoms with Crippen LogP contribution in [0.1, 0.15) is 48.1 Å². The van der Waals surface area contributed by atoms with E-state index in [1.807, 2.05) is 0 Å². The molecule has 14 heteroatoms. The zero-order chi connectivity index (χ0) is 29.4. The van der Waals surface area contributed by atoms with Crippen LogP contribution in [0.5, 0.6) is 11.8 Å². The summed E-state index contributed by atoms with van der Waals surface area (Å²) >= 11 is 0. The van der Waals surface area contributed by atoms with E-state index in [1.54, 1.807) is 0 Å². The number of ether oxygens (including phenoxy) is 2. The fraction of sp³-hybridized carbons (Fsp3) is 0.308. The monoisotopic (exact) mass is 567 g/mol. The number of carbonyl (C=O) groups excluding carboxylic acids is 1. The lowest BCUT2D eigenvalue weighted by molar-refractivity contribution is -0.138. The molecule has 3 N–H and O–H groups in total. The Labute approximate surface area is 222 Å². The molecule has 5 rings (SSSR count). The summed E-state index contributed by atoms with van der Waals surface area (Å²) in [6.45, 7) is 3.00. The number of halogens is 6. The molecule has 2 aliphatic heterocycles. The minimum Gasteiger partial charge on any atom is -0.494 e. The Hall–Kier alpha value is -4.38. The third-order valence-corrected chi connectivity index (χ3v) is 7.17. The molecule has 1 fully saturated rings. The van der Waals surface area contributed by atoms with Crippen molar-refractivity contribution in [2.45, 2.75) is 49.9 Å². The molecule has 0 radical (unpaired) electrons. The topological polar surface area (TPSA) is 117 Å². The van der Waals surface area contributed by atoms with E-state index in [2.05, 4.69) is 5.32 Å². The maximum absolute atomic E-state index is 13.5. The lowest BCUT2D eigenvalue weighted by Crippen LogP contribution is -2.38. The van der Waals surface area contributed by atoms with E-state index in [9.17, 15) is 41.4 Å². The van der Waals surface area contributed by atoms with Crippen LogP contribution in [0.25, 0.3) is 5.69 Å². The second kappa shape index (κ2) is 8.56. The van der Waals surface area contributed by atoms with Crippen LogP contribution in [-0.2, 0) is 33.0 Å². The van der Waals surface area contributed by atoms with Crippen LogP contribution in [0.2, 0.25) is 0 Å². The number of aromatic hydroxyl groups is 2. The van der Waals surface area contributed by atoms with Crippen LogP contribution >= 0.6 is 0 Å². The van der Waals surface area contributed by atoms with Crippen molar-refractivity contribution in [1.29, 1.82) is 5.26 Å². The molecule has 2 aliphatic rings. The summed E-state index contributed by atoms with van der Waals surface area (Å²) in [5, 5.41) is 33.5. The van der Waals surface area contributed by atoms with Gasteiger partial charge in [-0.15, -0.1) is 0 Å². The van der Waals surface area contributed by atoms with Gasteiger partial charge in [0.25, 0.3) is 0 Å². The molecule has 2 bridgehead atoms. The van der Waals surface area contributed by atoms with E-state index in [-0.39, 0.29) is 28.9 Å². The Kier molecular flexibility index (Phi) is 5.82. The molecule has 1 saturated heterocycles. The lowest BCUT2D eigenvalue weighted by Gasteiger charge is -2.29. The molecule has 1 aromatic heterocycles. The van der Waals surface area contributed by atoms with Crippen molar-refractivity contribution in [1.82, 2.24) is 4.57 Å². The molecule has 2 aromatic carbocycles. The van der Waals surface area contributed by atoms with Crippen molar-refractivity contribution >= 4 is 11.8 Å². The van der Waals surface area contributed by atoms with E-state index in [0.717, 1.165) is 41.0 Å². The number of hydrogen-bond donors (Lipinski definition) is 3. The number of nitriles is 1. The third kappa shape index (κ3) is 4.08. The van der Waals surface area contributed by atoms with Gasteiger partial charge in [-0.1, -0.05) is 0 Å². The van der Waals surface area contributed by atoms with E-state index < -0.39 is 64.2 Å². The summed E-state index contributed by atoms with van der Waals surface area (Å²) in [4.78, 5) is 12.6. The van der Waals surface area contributed by atoms with Crippen LogP contribution in [0.15, 0.2) is 42.5 Å². The molecular formula is C26H19F6N3O5. The van der Waals surface area contributed by atoms with Gasteiger partial charge in [-0.25, -0.2) is 4.79 Å². The van der Waals surface area contributed by atoms with Crippen LogP contribution in [0.3, 0.4) is 0 Å². The Morgan fingerprint density at radius 3 is 2.25 bits per heavy atom. The average Bonchev–Trinajstić information content (AvgIpc) is 3.37. The normalized spacial score (nSPS) is 23.5. The highest BCUT2D eigenvalue weighted by Gasteiger charge is 2.66. The minimum absolute atomic E-state index is 0.0102. The highest BCUT2D eigenvalue weighted by molar-refractivity contribution is 5.85. The molecule has 40 heavy (non-hydrogen) atoms. The Morgan fingerprint density at radius 1 is 1.05 bits per heavy atom. The van der Waals surface area contributed by atoms with Gasteiger partial charge in [-0.2, -0.15) is 31.6 Å². The predicted molar refractivity (Wildman–Crippen MR) is 125 cm³/mol. The number of alkyl halides is 6.